The smallest absolute Gasteiger partial charge is 0.120 e. The molecule has 0 unspecified atom stereocenters. The molecule has 0 aliphatic rings. The van der Waals surface area contributed by atoms with E-state index in [1.54, 1.807) is 18.2 Å². The van der Waals surface area contributed by atoms with Gasteiger partial charge in [-0.1, -0.05) is 19.1 Å². The molecule has 72 valence electrons. The summed E-state index contributed by atoms with van der Waals surface area (Å²) in [5.41, 5.74) is 7.16. The Labute approximate surface area is 77.8 Å². The van der Waals surface area contributed by atoms with Crippen molar-refractivity contribution < 1.29 is 10.2 Å². The Morgan fingerprint density at radius 2 is 2.15 bits per heavy atom. The summed E-state index contributed by atoms with van der Waals surface area (Å²) in [7, 11) is 0. The second kappa shape index (κ2) is 4.25. The van der Waals surface area contributed by atoms with Crippen LogP contribution in [0.2, 0.25) is 0 Å². The third-order valence-electron chi connectivity index (χ3n) is 2.15. The molecule has 1 rings (SSSR count). The van der Waals surface area contributed by atoms with Crippen LogP contribution in [0.3, 0.4) is 0 Å². The molecule has 13 heavy (non-hydrogen) atoms. The fourth-order valence-electron chi connectivity index (χ4n) is 1.37. The summed E-state index contributed by atoms with van der Waals surface area (Å²) in [6.07, 6.45) is 0.741. The Bertz CT molecular complexity index is 286. The van der Waals surface area contributed by atoms with E-state index in [4.69, 9.17) is 10.8 Å². The van der Waals surface area contributed by atoms with Gasteiger partial charge < -0.3 is 15.9 Å². The van der Waals surface area contributed by atoms with Crippen molar-refractivity contribution in [3.05, 3.63) is 29.3 Å². The number of phenols is 1. The molecule has 0 aliphatic carbocycles. The maximum atomic E-state index is 9.53. The van der Waals surface area contributed by atoms with E-state index in [2.05, 4.69) is 0 Å². The Morgan fingerprint density at radius 1 is 1.46 bits per heavy atom. The molecule has 3 heteroatoms. The highest BCUT2D eigenvalue weighted by Gasteiger charge is 2.12. The van der Waals surface area contributed by atoms with E-state index < -0.39 is 0 Å². The van der Waals surface area contributed by atoms with Gasteiger partial charge in [-0.3, -0.25) is 0 Å². The molecule has 0 amide bonds. The van der Waals surface area contributed by atoms with Gasteiger partial charge in [-0.25, -0.2) is 0 Å². The molecular formula is C10H15NO2. The van der Waals surface area contributed by atoms with Crippen molar-refractivity contribution in [2.24, 2.45) is 5.73 Å². The first-order valence-corrected chi connectivity index (χ1v) is 4.37. The van der Waals surface area contributed by atoms with Crippen molar-refractivity contribution in [1.29, 1.82) is 0 Å². The van der Waals surface area contributed by atoms with Crippen molar-refractivity contribution in [3.63, 3.8) is 0 Å². The molecule has 0 saturated heterocycles. The Morgan fingerprint density at radius 3 is 2.69 bits per heavy atom. The first kappa shape index (κ1) is 10.0. The van der Waals surface area contributed by atoms with Gasteiger partial charge in [-0.15, -0.1) is 0 Å². The second-order valence-electron chi connectivity index (χ2n) is 3.02. The maximum Gasteiger partial charge on any atom is 0.120 e. The van der Waals surface area contributed by atoms with Gasteiger partial charge in [0.15, 0.2) is 0 Å². The van der Waals surface area contributed by atoms with E-state index in [1.807, 2.05) is 6.92 Å². The van der Waals surface area contributed by atoms with Crippen LogP contribution < -0.4 is 5.73 Å². The normalized spacial score (nSPS) is 12.8. The first-order valence-electron chi connectivity index (χ1n) is 4.37. The number of aliphatic hydroxyl groups is 1. The summed E-state index contributed by atoms with van der Waals surface area (Å²) in [5, 5.41) is 18.6. The van der Waals surface area contributed by atoms with Crippen LogP contribution in [0.4, 0.5) is 0 Å². The Hall–Kier alpha value is -1.06. The predicted octanol–water partition coefficient (Wildman–Crippen LogP) is 1.29. The van der Waals surface area contributed by atoms with Crippen LogP contribution in [-0.2, 0) is 6.61 Å². The van der Waals surface area contributed by atoms with Gasteiger partial charge in [-0.2, -0.15) is 0 Å². The van der Waals surface area contributed by atoms with Crippen molar-refractivity contribution in [2.75, 3.05) is 0 Å². The first-order chi connectivity index (χ1) is 6.20. The lowest BCUT2D eigenvalue weighted by Crippen LogP contribution is -2.11. The average Bonchev–Trinajstić information content (AvgIpc) is 2.16. The molecule has 0 spiro atoms. The quantitative estimate of drug-likeness (QED) is 0.658. The van der Waals surface area contributed by atoms with E-state index in [0.29, 0.717) is 11.1 Å². The maximum absolute atomic E-state index is 9.53. The molecule has 4 N–H and O–H groups in total. The zero-order valence-electron chi connectivity index (χ0n) is 7.70. The highest BCUT2D eigenvalue weighted by molar-refractivity contribution is 5.41. The second-order valence-corrected chi connectivity index (χ2v) is 3.02. The van der Waals surface area contributed by atoms with Gasteiger partial charge in [-0.05, 0) is 18.1 Å². The molecule has 1 atom stereocenters. The van der Waals surface area contributed by atoms with Gasteiger partial charge in [0.2, 0.25) is 0 Å². The van der Waals surface area contributed by atoms with Crippen LogP contribution in [0.5, 0.6) is 5.75 Å². The van der Waals surface area contributed by atoms with Gasteiger partial charge in [0.25, 0.3) is 0 Å². The molecule has 1 aromatic rings. The van der Waals surface area contributed by atoms with E-state index in [1.165, 1.54) is 0 Å². The fourth-order valence-corrected chi connectivity index (χ4v) is 1.37. The van der Waals surface area contributed by atoms with E-state index >= 15 is 0 Å². The van der Waals surface area contributed by atoms with Crippen LogP contribution in [0.1, 0.15) is 30.5 Å². The third-order valence-corrected chi connectivity index (χ3v) is 2.15. The molecule has 3 nitrogen and oxygen atoms in total. The van der Waals surface area contributed by atoms with Crippen LogP contribution in [0.15, 0.2) is 18.2 Å². The lowest BCUT2D eigenvalue weighted by molar-refractivity contribution is 0.278. The molecule has 0 heterocycles. The summed E-state index contributed by atoms with van der Waals surface area (Å²) >= 11 is 0. The highest BCUT2D eigenvalue weighted by atomic mass is 16.3. The lowest BCUT2D eigenvalue weighted by Gasteiger charge is -2.14. The minimum atomic E-state index is -0.205. The van der Waals surface area contributed by atoms with Gasteiger partial charge >= 0.3 is 0 Å². The molecule has 0 aliphatic heterocycles. The van der Waals surface area contributed by atoms with Crippen LogP contribution >= 0.6 is 0 Å². The number of hydrogen-bond donors (Lipinski definition) is 3. The standard InChI is InChI=1S/C10H15NO2/c1-2-8(11)10-7(6-12)4-3-5-9(10)13/h3-5,8,12-13H,2,6,11H2,1H3/t8-/m0/s1. The molecule has 0 aromatic heterocycles. The number of aliphatic hydroxyl groups excluding tert-OH is 1. The SMILES string of the molecule is CC[C@H](N)c1c(O)cccc1CO. The summed E-state index contributed by atoms with van der Waals surface area (Å²) in [5.74, 6) is 0.168. The van der Waals surface area contributed by atoms with Crippen LogP contribution in [0, 0.1) is 0 Å². The number of aromatic hydroxyl groups is 1. The zero-order valence-corrected chi connectivity index (χ0v) is 7.70. The largest absolute Gasteiger partial charge is 0.508 e. The number of nitrogens with two attached hydrogens (primary N) is 1. The molecule has 0 radical (unpaired) electrons. The lowest BCUT2D eigenvalue weighted by atomic mass is 9.98. The number of hydrogen-bond acceptors (Lipinski definition) is 3. The van der Waals surface area contributed by atoms with Crippen LogP contribution in [-0.4, -0.2) is 10.2 Å². The van der Waals surface area contributed by atoms with Gasteiger partial charge in [0, 0.05) is 11.6 Å². The van der Waals surface area contributed by atoms with Crippen molar-refractivity contribution >= 4 is 0 Å². The number of phenolic OH excluding ortho intramolecular Hbond substituents is 1. The van der Waals surface area contributed by atoms with E-state index in [-0.39, 0.29) is 18.4 Å². The van der Waals surface area contributed by atoms with Crippen molar-refractivity contribution in [1.82, 2.24) is 0 Å². The predicted molar refractivity (Wildman–Crippen MR) is 51.2 cm³/mol. The monoisotopic (exact) mass is 181 g/mol. The third kappa shape index (κ3) is 1.99. The topological polar surface area (TPSA) is 66.5 Å². The van der Waals surface area contributed by atoms with Crippen molar-refractivity contribution in [2.45, 2.75) is 26.0 Å². The van der Waals surface area contributed by atoms with E-state index in [9.17, 15) is 5.11 Å². The van der Waals surface area contributed by atoms with Gasteiger partial charge in [0.05, 0.1) is 6.61 Å². The Kier molecular flexibility index (Phi) is 3.28. The molecule has 0 bridgehead atoms. The zero-order chi connectivity index (χ0) is 9.84. The number of benzene rings is 1. The average molecular weight is 181 g/mol. The summed E-state index contributed by atoms with van der Waals surface area (Å²) in [6, 6.07) is 4.85. The number of rotatable bonds is 3. The Balaban J connectivity index is 3.14. The summed E-state index contributed by atoms with van der Waals surface area (Å²) in [6.45, 7) is 1.86. The molecule has 1 aromatic carbocycles. The highest BCUT2D eigenvalue weighted by Crippen LogP contribution is 2.28. The fraction of sp³-hybridized carbons (Fsp3) is 0.400. The minimum absolute atomic E-state index is 0.0859. The van der Waals surface area contributed by atoms with Crippen molar-refractivity contribution in [3.8, 4) is 5.75 Å². The minimum Gasteiger partial charge on any atom is -0.508 e. The van der Waals surface area contributed by atoms with Crippen LogP contribution in [0.25, 0.3) is 0 Å². The molecular weight excluding hydrogens is 166 g/mol. The summed E-state index contributed by atoms with van der Waals surface area (Å²) in [4.78, 5) is 0. The summed E-state index contributed by atoms with van der Waals surface area (Å²) < 4.78 is 0. The van der Waals surface area contributed by atoms with Gasteiger partial charge in [0.1, 0.15) is 5.75 Å². The van der Waals surface area contributed by atoms with E-state index in [0.717, 1.165) is 6.42 Å². The molecule has 0 fully saturated rings. The molecule has 0 saturated carbocycles.